The Morgan fingerprint density at radius 3 is 2.95 bits per heavy atom. The van der Waals surface area contributed by atoms with Crippen LogP contribution in [0.5, 0.6) is 0 Å². The molecule has 2 aromatic rings. The van der Waals surface area contributed by atoms with E-state index in [1.165, 1.54) is 0 Å². The third-order valence-corrected chi connectivity index (χ3v) is 4.43. The third-order valence-electron chi connectivity index (χ3n) is 3.46. The summed E-state index contributed by atoms with van der Waals surface area (Å²) in [7, 11) is 0. The first kappa shape index (κ1) is 13.3. The van der Waals surface area contributed by atoms with Gasteiger partial charge in [0, 0.05) is 12.5 Å². The number of fused-ring (bicyclic) bond motifs is 1. The summed E-state index contributed by atoms with van der Waals surface area (Å²) < 4.78 is 1.14. The van der Waals surface area contributed by atoms with E-state index in [2.05, 4.69) is 34.8 Å². The average molecular weight is 290 g/mol. The van der Waals surface area contributed by atoms with Gasteiger partial charge < -0.3 is 10.6 Å². The predicted octanol–water partition coefficient (Wildman–Crippen LogP) is 2.13. The number of hydrogen-bond donors (Lipinski definition) is 3. The van der Waals surface area contributed by atoms with Crippen molar-refractivity contribution in [1.82, 2.24) is 15.6 Å². The Bertz CT molecular complexity index is 591. The van der Waals surface area contributed by atoms with E-state index in [1.54, 1.807) is 11.3 Å². The summed E-state index contributed by atoms with van der Waals surface area (Å²) in [6.45, 7) is 4.23. The van der Waals surface area contributed by atoms with Crippen molar-refractivity contribution < 1.29 is 4.79 Å². The van der Waals surface area contributed by atoms with Crippen LogP contribution in [0.15, 0.2) is 24.3 Å². The van der Waals surface area contributed by atoms with Crippen LogP contribution in [0.1, 0.15) is 20.3 Å². The predicted molar refractivity (Wildman–Crippen MR) is 81.6 cm³/mol. The number of rotatable bonds is 3. The number of aromatic nitrogens is 1. The van der Waals surface area contributed by atoms with Gasteiger partial charge in [-0.2, -0.15) is 0 Å². The van der Waals surface area contributed by atoms with Gasteiger partial charge in [0.05, 0.1) is 10.2 Å². The highest BCUT2D eigenvalue weighted by Gasteiger charge is 2.27. The molecule has 1 aliphatic rings. The lowest BCUT2D eigenvalue weighted by Gasteiger charge is -2.33. The molecule has 0 spiro atoms. The standard InChI is InChI=1S/C14H18N4OS/c1-8(2)10-7-12(19)17-13(15-10)18-14-16-9-5-3-4-6-11(9)20-14/h3-6,8,10,13,15H,7H2,1-2H3,(H,16,18)(H,17,19). The van der Waals surface area contributed by atoms with Crippen LogP contribution in [0.4, 0.5) is 5.13 Å². The first-order valence-corrected chi connectivity index (χ1v) is 7.61. The molecule has 0 radical (unpaired) electrons. The van der Waals surface area contributed by atoms with Gasteiger partial charge in [-0.05, 0) is 18.1 Å². The number of nitrogens with zero attached hydrogens (tertiary/aromatic N) is 1. The van der Waals surface area contributed by atoms with E-state index < -0.39 is 0 Å². The van der Waals surface area contributed by atoms with Crippen molar-refractivity contribution in [3.8, 4) is 0 Å². The van der Waals surface area contributed by atoms with Crippen molar-refractivity contribution in [3.63, 3.8) is 0 Å². The Kier molecular flexibility index (Phi) is 3.58. The Morgan fingerprint density at radius 1 is 1.40 bits per heavy atom. The van der Waals surface area contributed by atoms with E-state index in [-0.39, 0.29) is 18.2 Å². The Morgan fingerprint density at radius 2 is 2.20 bits per heavy atom. The van der Waals surface area contributed by atoms with E-state index in [0.29, 0.717) is 12.3 Å². The number of carbonyl (C=O) groups is 1. The normalized spacial score (nSPS) is 23.1. The maximum absolute atomic E-state index is 11.7. The molecule has 106 valence electrons. The average Bonchev–Trinajstić information content (AvgIpc) is 2.79. The van der Waals surface area contributed by atoms with Gasteiger partial charge in [0.2, 0.25) is 5.91 Å². The summed E-state index contributed by atoms with van der Waals surface area (Å²) >= 11 is 1.59. The molecule has 3 rings (SSSR count). The van der Waals surface area contributed by atoms with Crippen molar-refractivity contribution in [2.75, 3.05) is 5.32 Å². The highest BCUT2D eigenvalue weighted by Crippen LogP contribution is 2.25. The molecule has 2 atom stereocenters. The molecule has 5 nitrogen and oxygen atoms in total. The van der Waals surface area contributed by atoms with Gasteiger partial charge in [-0.1, -0.05) is 37.3 Å². The second kappa shape index (κ2) is 5.38. The van der Waals surface area contributed by atoms with E-state index in [1.807, 2.05) is 24.3 Å². The molecule has 1 amide bonds. The lowest BCUT2D eigenvalue weighted by molar-refractivity contribution is -0.124. The quantitative estimate of drug-likeness (QED) is 0.810. The zero-order valence-electron chi connectivity index (χ0n) is 11.5. The zero-order valence-corrected chi connectivity index (χ0v) is 12.3. The highest BCUT2D eigenvalue weighted by atomic mass is 32.1. The first-order valence-electron chi connectivity index (χ1n) is 6.79. The fourth-order valence-corrected chi connectivity index (χ4v) is 3.19. The summed E-state index contributed by atoms with van der Waals surface area (Å²) in [4.78, 5) is 16.3. The monoisotopic (exact) mass is 290 g/mol. The molecule has 1 aromatic carbocycles. The van der Waals surface area contributed by atoms with Crippen LogP contribution < -0.4 is 16.0 Å². The van der Waals surface area contributed by atoms with Crippen LogP contribution >= 0.6 is 11.3 Å². The van der Waals surface area contributed by atoms with Crippen LogP contribution in [0.3, 0.4) is 0 Å². The molecular formula is C14H18N4OS. The van der Waals surface area contributed by atoms with Crippen molar-refractivity contribution in [2.45, 2.75) is 32.6 Å². The molecule has 20 heavy (non-hydrogen) atoms. The molecule has 6 heteroatoms. The molecule has 0 aliphatic carbocycles. The third kappa shape index (κ3) is 2.76. The molecule has 2 unspecified atom stereocenters. The number of carbonyl (C=O) groups excluding carboxylic acids is 1. The minimum absolute atomic E-state index is 0.0704. The summed E-state index contributed by atoms with van der Waals surface area (Å²) in [6.07, 6.45) is 0.264. The molecule has 3 N–H and O–H groups in total. The summed E-state index contributed by atoms with van der Waals surface area (Å²) in [5, 5.41) is 10.4. The molecule has 1 saturated heterocycles. The highest BCUT2D eigenvalue weighted by molar-refractivity contribution is 7.22. The smallest absolute Gasteiger partial charge is 0.224 e. The van der Waals surface area contributed by atoms with E-state index >= 15 is 0 Å². The second-order valence-corrected chi connectivity index (χ2v) is 6.38. The van der Waals surface area contributed by atoms with Crippen LogP contribution in [-0.4, -0.2) is 23.2 Å². The molecular weight excluding hydrogens is 272 g/mol. The van der Waals surface area contributed by atoms with Gasteiger partial charge in [-0.15, -0.1) is 0 Å². The maximum Gasteiger partial charge on any atom is 0.224 e. The molecule has 1 fully saturated rings. The number of anilines is 1. The molecule has 0 bridgehead atoms. The van der Waals surface area contributed by atoms with Crippen LogP contribution in [-0.2, 0) is 4.79 Å². The van der Waals surface area contributed by atoms with Crippen molar-refractivity contribution >= 4 is 32.6 Å². The van der Waals surface area contributed by atoms with Gasteiger partial charge in [-0.25, -0.2) is 4.98 Å². The lowest BCUT2D eigenvalue weighted by Crippen LogP contribution is -2.61. The Labute approximate surface area is 121 Å². The van der Waals surface area contributed by atoms with Gasteiger partial charge in [0.25, 0.3) is 0 Å². The fraction of sp³-hybridized carbons (Fsp3) is 0.429. The molecule has 1 aromatic heterocycles. The Hall–Kier alpha value is -1.66. The van der Waals surface area contributed by atoms with Gasteiger partial charge in [-0.3, -0.25) is 10.1 Å². The Balaban J connectivity index is 1.74. The topological polar surface area (TPSA) is 66.0 Å². The number of amides is 1. The first-order chi connectivity index (χ1) is 9.61. The molecule has 0 saturated carbocycles. The van der Waals surface area contributed by atoms with Crippen molar-refractivity contribution in [1.29, 1.82) is 0 Å². The minimum atomic E-state index is -0.260. The van der Waals surface area contributed by atoms with Crippen molar-refractivity contribution in [2.24, 2.45) is 5.92 Å². The van der Waals surface area contributed by atoms with E-state index in [4.69, 9.17) is 0 Å². The largest absolute Gasteiger partial charge is 0.329 e. The number of hydrogen-bond acceptors (Lipinski definition) is 5. The SMILES string of the molecule is CC(C)C1CC(=O)NC(Nc2nc3ccccc3s2)N1. The lowest BCUT2D eigenvalue weighted by atomic mass is 9.99. The number of benzene rings is 1. The van der Waals surface area contributed by atoms with Crippen LogP contribution in [0.25, 0.3) is 10.2 Å². The van der Waals surface area contributed by atoms with E-state index in [9.17, 15) is 4.79 Å². The molecule has 2 heterocycles. The zero-order chi connectivity index (χ0) is 14.1. The molecule has 1 aliphatic heterocycles. The number of para-hydroxylation sites is 1. The van der Waals surface area contributed by atoms with Gasteiger partial charge in [0.15, 0.2) is 11.4 Å². The number of thiazole rings is 1. The van der Waals surface area contributed by atoms with E-state index in [0.717, 1.165) is 15.3 Å². The van der Waals surface area contributed by atoms with Crippen molar-refractivity contribution in [3.05, 3.63) is 24.3 Å². The minimum Gasteiger partial charge on any atom is -0.329 e. The number of nitrogens with one attached hydrogen (secondary N) is 3. The summed E-state index contributed by atoms with van der Waals surface area (Å²) in [6, 6.07) is 8.19. The van der Waals surface area contributed by atoms with Crippen LogP contribution in [0.2, 0.25) is 0 Å². The maximum atomic E-state index is 11.7. The fourth-order valence-electron chi connectivity index (χ4n) is 2.30. The van der Waals surface area contributed by atoms with Gasteiger partial charge in [0.1, 0.15) is 0 Å². The van der Waals surface area contributed by atoms with Gasteiger partial charge >= 0.3 is 0 Å². The van der Waals surface area contributed by atoms with Crippen LogP contribution in [0, 0.1) is 5.92 Å². The summed E-state index contributed by atoms with van der Waals surface area (Å²) in [5.41, 5.74) is 0.975. The summed E-state index contributed by atoms with van der Waals surface area (Å²) in [5.74, 6) is 0.488. The second-order valence-electron chi connectivity index (χ2n) is 5.35.